The summed E-state index contributed by atoms with van der Waals surface area (Å²) in [6.45, 7) is 5.27. The first-order chi connectivity index (χ1) is 18.8. The van der Waals surface area contributed by atoms with E-state index in [9.17, 15) is 19.2 Å². The third-order valence-electron chi connectivity index (χ3n) is 5.67. The summed E-state index contributed by atoms with van der Waals surface area (Å²) >= 11 is 3.51. The normalized spacial score (nSPS) is 12.1. The minimum absolute atomic E-state index is 0.110. The zero-order chi connectivity index (χ0) is 28.1. The van der Waals surface area contributed by atoms with E-state index >= 15 is 0 Å². The number of esters is 2. The lowest BCUT2D eigenvalue weighted by Crippen LogP contribution is -2.25. The Hall–Kier alpha value is -3.29. The predicted molar refractivity (Wildman–Crippen MR) is 151 cm³/mol. The highest BCUT2D eigenvalue weighted by atomic mass is 32.2. The first kappa shape index (κ1) is 28.7. The van der Waals surface area contributed by atoms with Crippen LogP contribution in [0, 0.1) is 6.92 Å². The van der Waals surface area contributed by atoms with Crippen LogP contribution in [0.5, 0.6) is 5.75 Å². The second-order valence-electron chi connectivity index (χ2n) is 8.12. The van der Waals surface area contributed by atoms with Crippen molar-refractivity contribution in [3.05, 3.63) is 56.3 Å². The fraction of sp³-hybridized carbons (Fsp3) is 0.346. The van der Waals surface area contributed by atoms with E-state index < -0.39 is 17.8 Å². The highest BCUT2D eigenvalue weighted by Gasteiger charge is 2.28. The van der Waals surface area contributed by atoms with Gasteiger partial charge in [-0.15, -0.1) is 23.1 Å². The van der Waals surface area contributed by atoms with Gasteiger partial charge in [0.2, 0.25) is 5.91 Å². The van der Waals surface area contributed by atoms with Crippen LogP contribution in [0.25, 0.3) is 5.69 Å². The summed E-state index contributed by atoms with van der Waals surface area (Å²) in [4.78, 5) is 57.2. The summed E-state index contributed by atoms with van der Waals surface area (Å²) in [5.41, 5.74) is 1.50. The van der Waals surface area contributed by atoms with E-state index in [1.165, 1.54) is 23.4 Å². The summed E-state index contributed by atoms with van der Waals surface area (Å²) in [6.07, 6.45) is 0.662. The van der Waals surface area contributed by atoms with E-state index in [4.69, 9.17) is 19.2 Å². The van der Waals surface area contributed by atoms with Gasteiger partial charge in [-0.25, -0.2) is 14.6 Å². The number of anilines is 1. The molecule has 1 N–H and O–H groups in total. The molecule has 0 atom stereocenters. The second-order valence-corrected chi connectivity index (χ2v) is 11.2. The molecule has 1 aromatic carbocycles. The van der Waals surface area contributed by atoms with Crippen LogP contribution >= 0.6 is 34.9 Å². The molecule has 0 spiro atoms. The molecule has 10 nitrogen and oxygen atoms in total. The van der Waals surface area contributed by atoms with Crippen LogP contribution in [0.4, 0.5) is 5.00 Å². The van der Waals surface area contributed by atoms with Gasteiger partial charge in [0.05, 0.1) is 47.9 Å². The van der Waals surface area contributed by atoms with Crippen LogP contribution in [-0.4, -0.2) is 59.2 Å². The maximum Gasteiger partial charge on any atom is 0.348 e. The molecule has 39 heavy (non-hydrogen) atoms. The summed E-state index contributed by atoms with van der Waals surface area (Å²) in [7, 11) is 1.52. The standard InChI is InChI=1S/C26H27N3O7S3/c1-5-35-24(32)19-14(3)20(25(33)36-6-2)39-22(19)28-18(30)13-38-26-27-15-11-12-37-21(15)23(31)29(26)16-9-7-8-10-17(16)34-4/h7-10H,5-6,11-13H2,1-4H3,(H,28,30). The van der Waals surface area contributed by atoms with E-state index in [0.29, 0.717) is 39.2 Å². The molecule has 1 aliphatic heterocycles. The third kappa shape index (κ3) is 5.99. The number of ether oxygens (including phenoxy) is 3. The minimum Gasteiger partial charge on any atom is -0.495 e. The van der Waals surface area contributed by atoms with E-state index in [2.05, 4.69) is 5.32 Å². The van der Waals surface area contributed by atoms with Gasteiger partial charge in [-0.3, -0.25) is 14.2 Å². The Morgan fingerprint density at radius 3 is 2.56 bits per heavy atom. The molecule has 1 aliphatic rings. The zero-order valence-electron chi connectivity index (χ0n) is 21.8. The smallest absolute Gasteiger partial charge is 0.348 e. The number of rotatable bonds is 10. The minimum atomic E-state index is -0.646. The number of amides is 1. The van der Waals surface area contributed by atoms with Gasteiger partial charge in [-0.1, -0.05) is 23.9 Å². The predicted octanol–water partition coefficient (Wildman–Crippen LogP) is 4.34. The molecular formula is C26H27N3O7S3. The number of carbonyl (C=O) groups excluding carboxylic acids is 3. The van der Waals surface area contributed by atoms with Crippen molar-refractivity contribution < 1.29 is 28.6 Å². The lowest BCUT2D eigenvalue weighted by atomic mass is 10.1. The van der Waals surface area contributed by atoms with Crippen molar-refractivity contribution in [3.63, 3.8) is 0 Å². The molecule has 3 heterocycles. The third-order valence-corrected chi connectivity index (χ3v) is 8.90. The fourth-order valence-corrected chi connectivity index (χ4v) is 6.90. The van der Waals surface area contributed by atoms with E-state index in [-0.39, 0.29) is 40.0 Å². The second kappa shape index (κ2) is 12.7. The van der Waals surface area contributed by atoms with Gasteiger partial charge >= 0.3 is 11.9 Å². The maximum absolute atomic E-state index is 13.5. The number of nitrogens with one attached hydrogen (secondary N) is 1. The van der Waals surface area contributed by atoms with Crippen molar-refractivity contribution in [2.45, 2.75) is 37.2 Å². The SMILES string of the molecule is CCOC(=O)c1sc(NC(=O)CSc2nc3c(c(=O)n2-c2ccccc2OC)SCC3)c(C(=O)OCC)c1C. The number of aromatic nitrogens is 2. The Bertz CT molecular complexity index is 1480. The van der Waals surface area contributed by atoms with Crippen molar-refractivity contribution in [1.82, 2.24) is 9.55 Å². The Kier molecular flexibility index (Phi) is 9.36. The molecule has 0 fully saturated rings. The summed E-state index contributed by atoms with van der Waals surface area (Å²) in [5, 5.41) is 3.28. The van der Waals surface area contributed by atoms with Gasteiger partial charge in [0.1, 0.15) is 15.6 Å². The molecule has 0 saturated carbocycles. The molecule has 3 aromatic rings. The quantitative estimate of drug-likeness (QED) is 0.207. The summed E-state index contributed by atoms with van der Waals surface area (Å²) < 4.78 is 17.2. The molecule has 0 bridgehead atoms. The summed E-state index contributed by atoms with van der Waals surface area (Å²) in [5.74, 6) is -0.529. The zero-order valence-corrected chi connectivity index (χ0v) is 24.3. The first-order valence-corrected chi connectivity index (χ1v) is 14.9. The largest absolute Gasteiger partial charge is 0.495 e. The Morgan fingerprint density at radius 2 is 1.85 bits per heavy atom. The number of thioether (sulfide) groups is 2. The van der Waals surface area contributed by atoms with Crippen LogP contribution in [0.3, 0.4) is 0 Å². The number of nitrogens with zero attached hydrogens (tertiary/aromatic N) is 2. The van der Waals surface area contributed by atoms with Crippen LogP contribution < -0.4 is 15.6 Å². The molecule has 0 saturated heterocycles. The number of fused-ring (bicyclic) bond motifs is 1. The van der Waals surface area contributed by atoms with Crippen molar-refractivity contribution in [3.8, 4) is 11.4 Å². The van der Waals surface area contributed by atoms with Gasteiger partial charge < -0.3 is 19.5 Å². The van der Waals surface area contributed by atoms with Crippen LogP contribution in [-0.2, 0) is 20.7 Å². The van der Waals surface area contributed by atoms with E-state index in [1.807, 2.05) is 0 Å². The number of aryl methyl sites for hydroxylation is 1. The Labute approximate surface area is 237 Å². The Balaban J connectivity index is 1.64. The highest BCUT2D eigenvalue weighted by molar-refractivity contribution is 8.00. The van der Waals surface area contributed by atoms with Gasteiger partial charge in [0, 0.05) is 12.2 Å². The van der Waals surface area contributed by atoms with Gasteiger partial charge in [0.15, 0.2) is 5.16 Å². The number of hydrogen-bond donors (Lipinski definition) is 1. The van der Waals surface area contributed by atoms with Gasteiger partial charge in [-0.2, -0.15) is 0 Å². The fourth-order valence-electron chi connectivity index (χ4n) is 3.95. The number of para-hydroxylation sites is 2. The van der Waals surface area contributed by atoms with Crippen LogP contribution in [0.2, 0.25) is 0 Å². The molecule has 0 aliphatic carbocycles. The average molecular weight is 590 g/mol. The molecule has 4 rings (SSSR count). The molecule has 206 valence electrons. The Morgan fingerprint density at radius 1 is 1.13 bits per heavy atom. The number of thiophene rings is 1. The molecule has 0 radical (unpaired) electrons. The molecular weight excluding hydrogens is 563 g/mol. The van der Waals surface area contributed by atoms with Gasteiger partial charge in [-0.05, 0) is 38.5 Å². The molecule has 2 aromatic heterocycles. The van der Waals surface area contributed by atoms with E-state index in [1.54, 1.807) is 45.0 Å². The maximum atomic E-state index is 13.5. The number of benzene rings is 1. The van der Waals surface area contributed by atoms with Gasteiger partial charge in [0.25, 0.3) is 5.56 Å². The monoisotopic (exact) mass is 589 g/mol. The number of carbonyl (C=O) groups is 3. The van der Waals surface area contributed by atoms with Crippen LogP contribution in [0.1, 0.15) is 45.1 Å². The topological polar surface area (TPSA) is 126 Å². The first-order valence-electron chi connectivity index (χ1n) is 12.1. The van der Waals surface area contributed by atoms with Crippen molar-refractivity contribution >= 4 is 57.7 Å². The van der Waals surface area contributed by atoms with Crippen molar-refractivity contribution in [2.75, 3.05) is 37.1 Å². The van der Waals surface area contributed by atoms with Crippen molar-refractivity contribution in [1.29, 1.82) is 0 Å². The van der Waals surface area contributed by atoms with Crippen LogP contribution in [0.15, 0.2) is 39.1 Å². The molecule has 0 unspecified atom stereocenters. The number of methoxy groups -OCH3 is 1. The summed E-state index contributed by atoms with van der Waals surface area (Å²) in [6, 6.07) is 7.11. The van der Waals surface area contributed by atoms with Crippen molar-refractivity contribution in [2.24, 2.45) is 0 Å². The molecule has 13 heteroatoms. The highest BCUT2D eigenvalue weighted by Crippen LogP contribution is 2.35. The number of hydrogen-bond acceptors (Lipinski definition) is 11. The average Bonchev–Trinajstić information content (AvgIpc) is 3.52. The molecule has 1 amide bonds. The van der Waals surface area contributed by atoms with E-state index in [0.717, 1.165) is 28.9 Å². The lowest BCUT2D eigenvalue weighted by molar-refractivity contribution is -0.113. The lowest BCUT2D eigenvalue weighted by Gasteiger charge is -2.16.